The van der Waals surface area contributed by atoms with Gasteiger partial charge in [-0.1, -0.05) is 109 Å². The number of rotatable bonds is 24. The van der Waals surface area contributed by atoms with E-state index in [1.54, 1.807) is 57.3 Å². The second kappa shape index (κ2) is 23.0. The van der Waals surface area contributed by atoms with Crippen LogP contribution in [0.4, 0.5) is 0 Å². The molecule has 3 aromatic rings. The highest BCUT2D eigenvalue weighted by Crippen LogP contribution is 2.20. The fraction of sp³-hybridized carbons (Fsp3) is 0.512. The molecule has 0 saturated heterocycles. The highest BCUT2D eigenvalue weighted by molar-refractivity contribution is 5.97. The van der Waals surface area contributed by atoms with Crippen molar-refractivity contribution in [3.8, 4) is 0 Å². The van der Waals surface area contributed by atoms with Crippen LogP contribution in [0.25, 0.3) is 10.9 Å². The van der Waals surface area contributed by atoms with Gasteiger partial charge >= 0.3 is 5.97 Å². The van der Waals surface area contributed by atoms with E-state index >= 15 is 0 Å². The summed E-state index contributed by atoms with van der Waals surface area (Å²) in [5, 5.41) is 24.4. The molecule has 0 bridgehead atoms. The number of benzene rings is 2. The third-order valence-corrected chi connectivity index (χ3v) is 11.1. The van der Waals surface area contributed by atoms with Crippen molar-refractivity contribution in [2.45, 2.75) is 123 Å². The molecular formula is C43H62N8O8. The van der Waals surface area contributed by atoms with Crippen molar-refractivity contribution in [1.29, 1.82) is 0 Å². The summed E-state index contributed by atoms with van der Waals surface area (Å²) in [7, 11) is 0. The van der Waals surface area contributed by atoms with Crippen molar-refractivity contribution < 1.29 is 38.7 Å². The highest BCUT2D eigenvalue weighted by atomic mass is 16.4. The molecule has 322 valence electrons. The number of primary amides is 1. The average molecular weight is 819 g/mol. The van der Waals surface area contributed by atoms with Crippen molar-refractivity contribution in [2.24, 2.45) is 29.2 Å². The van der Waals surface area contributed by atoms with Crippen LogP contribution in [-0.2, 0) is 46.4 Å². The predicted octanol–water partition coefficient (Wildman–Crippen LogP) is 2.19. The minimum atomic E-state index is -1.28. The van der Waals surface area contributed by atoms with Gasteiger partial charge < -0.3 is 48.1 Å². The van der Waals surface area contributed by atoms with E-state index in [2.05, 4.69) is 31.6 Å². The Hall–Kier alpha value is -5.77. The van der Waals surface area contributed by atoms with Crippen LogP contribution >= 0.6 is 0 Å². The Kier molecular flexibility index (Phi) is 18.5. The van der Waals surface area contributed by atoms with E-state index in [9.17, 15) is 38.7 Å². The van der Waals surface area contributed by atoms with E-state index in [1.807, 2.05) is 45.0 Å². The molecule has 2 aromatic carbocycles. The van der Waals surface area contributed by atoms with Crippen LogP contribution in [0, 0.1) is 17.8 Å². The largest absolute Gasteiger partial charge is 0.480 e. The number of carboxylic acids is 1. The molecule has 1 heterocycles. The lowest BCUT2D eigenvalue weighted by Gasteiger charge is -2.30. The zero-order valence-corrected chi connectivity index (χ0v) is 34.9. The van der Waals surface area contributed by atoms with Crippen molar-refractivity contribution in [2.75, 3.05) is 0 Å². The first-order valence-electron chi connectivity index (χ1n) is 20.4. The molecule has 6 amide bonds. The van der Waals surface area contributed by atoms with Crippen LogP contribution in [0.3, 0.4) is 0 Å². The number of nitrogens with one attached hydrogen (secondary N) is 6. The lowest BCUT2D eigenvalue weighted by Crippen LogP contribution is -2.61. The van der Waals surface area contributed by atoms with E-state index in [4.69, 9.17) is 11.5 Å². The summed E-state index contributed by atoms with van der Waals surface area (Å²) in [6, 6.07) is 9.14. The number of fused-ring (bicyclic) bond motifs is 1. The van der Waals surface area contributed by atoms with Gasteiger partial charge in [0.1, 0.15) is 30.2 Å². The molecule has 0 saturated carbocycles. The van der Waals surface area contributed by atoms with E-state index in [0.29, 0.717) is 30.4 Å². The van der Waals surface area contributed by atoms with Gasteiger partial charge in [-0.2, -0.15) is 0 Å². The number of H-pyrrole nitrogens is 1. The fourth-order valence-corrected chi connectivity index (χ4v) is 6.55. The van der Waals surface area contributed by atoms with Crippen LogP contribution in [0.5, 0.6) is 0 Å². The maximum absolute atomic E-state index is 14.4. The standard InChI is InChI=1S/C43H62N8O8/c1-7-24(4)35(45)40(55)47-31(19-20-34(44)52)38(53)50-36(25(5)8-2)41(56)48-32(22-28-23-46-30-18-14-13-17-29(28)30)39(54)51-37(26(6)9-3)42(57)49-33(43(58)59)21-27-15-11-10-12-16-27/h10-18,23-26,31-33,35-37,46H,7-9,19-22,45H2,1-6H3,(H2,44,52)(H,47,55)(H,48,56)(H,49,57)(H,50,53)(H,51,54)(H,58,59)/t24-,25-,26-,31-,32-,33-,35-,36-,37-/m0/s1. The van der Waals surface area contributed by atoms with E-state index in [-0.39, 0.29) is 31.6 Å². The van der Waals surface area contributed by atoms with Crippen LogP contribution in [-0.4, -0.2) is 87.8 Å². The molecule has 3 rings (SSSR count). The number of aliphatic carboxylic acids is 1. The number of carboxylic acid groups (broad SMARTS) is 1. The molecule has 0 aliphatic rings. The summed E-state index contributed by atoms with van der Waals surface area (Å²) in [6.45, 7) is 10.8. The van der Waals surface area contributed by atoms with Crippen molar-refractivity contribution >= 4 is 52.3 Å². The normalized spacial score (nSPS) is 15.8. The third-order valence-electron chi connectivity index (χ3n) is 11.1. The number of hydrogen-bond acceptors (Lipinski definition) is 8. The summed E-state index contributed by atoms with van der Waals surface area (Å²) in [5.41, 5.74) is 13.7. The number of carbonyl (C=O) groups excluding carboxylic acids is 6. The first-order chi connectivity index (χ1) is 28.0. The van der Waals surface area contributed by atoms with Gasteiger partial charge in [-0.05, 0) is 41.4 Å². The Labute approximate surface area is 345 Å². The summed E-state index contributed by atoms with van der Waals surface area (Å²) in [6.07, 6.45) is 2.83. The quantitative estimate of drug-likeness (QED) is 0.0641. The molecule has 0 aliphatic carbocycles. The second-order valence-corrected chi connectivity index (χ2v) is 15.4. The number of amides is 6. The molecule has 16 heteroatoms. The van der Waals surface area contributed by atoms with Crippen LogP contribution in [0.1, 0.15) is 84.8 Å². The van der Waals surface area contributed by atoms with Crippen LogP contribution < -0.4 is 38.1 Å². The van der Waals surface area contributed by atoms with Crippen molar-refractivity contribution in [3.05, 3.63) is 71.9 Å². The number of aromatic nitrogens is 1. The predicted molar refractivity (Wildman–Crippen MR) is 224 cm³/mol. The zero-order chi connectivity index (χ0) is 43.8. The van der Waals surface area contributed by atoms with Crippen LogP contribution in [0.2, 0.25) is 0 Å². The first-order valence-corrected chi connectivity index (χ1v) is 20.4. The minimum absolute atomic E-state index is 0.0167. The van der Waals surface area contributed by atoms with Crippen molar-refractivity contribution in [1.82, 2.24) is 31.6 Å². The Balaban J connectivity index is 1.94. The Bertz CT molecular complexity index is 1900. The number of nitrogens with two attached hydrogens (primary N) is 2. The second-order valence-electron chi connectivity index (χ2n) is 15.4. The maximum Gasteiger partial charge on any atom is 0.326 e. The third kappa shape index (κ3) is 13.9. The Morgan fingerprint density at radius 2 is 1.14 bits per heavy atom. The molecule has 0 spiro atoms. The van der Waals surface area contributed by atoms with Gasteiger partial charge in [-0.15, -0.1) is 0 Å². The fourth-order valence-electron chi connectivity index (χ4n) is 6.55. The lowest BCUT2D eigenvalue weighted by atomic mass is 9.95. The van der Waals surface area contributed by atoms with Gasteiger partial charge in [-0.3, -0.25) is 28.8 Å². The summed E-state index contributed by atoms with van der Waals surface area (Å²) < 4.78 is 0. The van der Waals surface area contributed by atoms with Gasteiger partial charge in [0, 0.05) is 36.4 Å². The molecule has 9 atom stereocenters. The van der Waals surface area contributed by atoms with E-state index in [0.717, 1.165) is 10.9 Å². The van der Waals surface area contributed by atoms with E-state index < -0.39 is 89.5 Å². The summed E-state index contributed by atoms with van der Waals surface area (Å²) >= 11 is 0. The van der Waals surface area contributed by atoms with E-state index in [1.165, 1.54) is 0 Å². The van der Waals surface area contributed by atoms with Crippen molar-refractivity contribution in [3.63, 3.8) is 0 Å². The van der Waals surface area contributed by atoms with Crippen LogP contribution in [0.15, 0.2) is 60.8 Å². The smallest absolute Gasteiger partial charge is 0.326 e. The van der Waals surface area contributed by atoms with Gasteiger partial charge in [0.2, 0.25) is 35.4 Å². The molecule has 0 aliphatic heterocycles. The molecule has 1 aromatic heterocycles. The van der Waals surface area contributed by atoms with Gasteiger partial charge in [0.15, 0.2) is 0 Å². The van der Waals surface area contributed by atoms with Gasteiger partial charge in [0.05, 0.1) is 6.04 Å². The highest BCUT2D eigenvalue weighted by Gasteiger charge is 2.36. The topological polar surface area (TPSA) is 268 Å². The number of carbonyl (C=O) groups is 7. The van der Waals surface area contributed by atoms with Gasteiger partial charge in [0.25, 0.3) is 0 Å². The molecule has 0 radical (unpaired) electrons. The zero-order valence-electron chi connectivity index (χ0n) is 34.9. The molecule has 0 fully saturated rings. The van der Waals surface area contributed by atoms with Gasteiger partial charge in [-0.25, -0.2) is 4.79 Å². The molecule has 0 unspecified atom stereocenters. The number of aromatic amines is 1. The monoisotopic (exact) mass is 818 g/mol. The molecule has 59 heavy (non-hydrogen) atoms. The molecular weight excluding hydrogens is 757 g/mol. The number of para-hydroxylation sites is 1. The number of hydrogen-bond donors (Lipinski definition) is 9. The first kappa shape index (κ1) is 47.6. The maximum atomic E-state index is 14.4. The molecule has 16 nitrogen and oxygen atoms in total. The SMILES string of the molecule is CC[C@H](C)[C@H](N)C(=O)N[C@@H](CCC(N)=O)C(=O)N[C@H](C(=O)N[C@@H](Cc1c[nH]c2ccccc12)C(=O)N[C@H](C(=O)N[C@@H](Cc1ccccc1)C(=O)O)[C@@H](C)CC)[C@@H](C)CC. The summed E-state index contributed by atoms with van der Waals surface area (Å²) in [5.74, 6) is -6.50. The Morgan fingerprint density at radius 1 is 0.627 bits per heavy atom. The lowest BCUT2D eigenvalue weighted by molar-refractivity contribution is -0.142. The Morgan fingerprint density at radius 3 is 1.68 bits per heavy atom. The minimum Gasteiger partial charge on any atom is -0.480 e. The average Bonchev–Trinajstić information content (AvgIpc) is 3.63. The summed E-state index contributed by atoms with van der Waals surface area (Å²) in [4.78, 5) is 96.5. The molecule has 11 N–H and O–H groups in total.